The van der Waals surface area contributed by atoms with E-state index < -0.39 is 0 Å². The number of nitriles is 1. The van der Waals surface area contributed by atoms with Crippen LogP contribution in [0.3, 0.4) is 0 Å². The van der Waals surface area contributed by atoms with Crippen molar-refractivity contribution < 1.29 is 0 Å². The summed E-state index contributed by atoms with van der Waals surface area (Å²) in [6.07, 6.45) is 2.97. The van der Waals surface area contributed by atoms with Gasteiger partial charge in [0.05, 0.1) is 18.5 Å². The number of piperidine rings is 1. The van der Waals surface area contributed by atoms with Gasteiger partial charge in [0, 0.05) is 24.5 Å². The molecule has 2 aromatic carbocycles. The van der Waals surface area contributed by atoms with Gasteiger partial charge in [0.1, 0.15) is 0 Å². The van der Waals surface area contributed by atoms with Crippen molar-refractivity contribution in [2.45, 2.75) is 39.2 Å². The van der Waals surface area contributed by atoms with Crippen LogP contribution in [0.4, 0.5) is 11.4 Å². The molecule has 0 bridgehead atoms. The van der Waals surface area contributed by atoms with Gasteiger partial charge in [0.2, 0.25) is 0 Å². The van der Waals surface area contributed by atoms with Crippen LogP contribution < -0.4 is 15.5 Å². The number of thiocarbonyl (C=S) groups is 1. The second kappa shape index (κ2) is 9.57. The molecule has 0 amide bonds. The Kier molecular flexibility index (Phi) is 6.89. The Hall–Kier alpha value is -2.58. The first-order chi connectivity index (χ1) is 13.5. The number of hydrogen-bond donors (Lipinski definition) is 2. The summed E-state index contributed by atoms with van der Waals surface area (Å²) in [7, 11) is 0. The summed E-state index contributed by atoms with van der Waals surface area (Å²) in [5, 5.41) is 15.9. The molecule has 0 radical (unpaired) electrons. The topological polar surface area (TPSA) is 51.1 Å². The van der Waals surface area contributed by atoms with Gasteiger partial charge in [-0.05, 0) is 73.3 Å². The van der Waals surface area contributed by atoms with Crippen LogP contribution >= 0.6 is 12.2 Å². The zero-order chi connectivity index (χ0) is 19.9. The Bertz CT molecular complexity index is 815. The summed E-state index contributed by atoms with van der Waals surface area (Å²) in [6, 6.07) is 18.8. The highest BCUT2D eigenvalue weighted by atomic mass is 32.1. The van der Waals surface area contributed by atoms with Crippen molar-refractivity contribution in [3.8, 4) is 6.07 Å². The molecular weight excluding hydrogens is 364 g/mol. The SMILES string of the molecule is CC1CCN(c2ccc(C(C)NC(=S)Nc3ccc(CC#N)cc3)cc2)CC1. The van der Waals surface area contributed by atoms with Gasteiger partial charge in [-0.15, -0.1) is 0 Å². The Labute approximate surface area is 173 Å². The predicted octanol–water partition coefficient (Wildman–Crippen LogP) is 5.04. The Morgan fingerprint density at radius 1 is 1.14 bits per heavy atom. The summed E-state index contributed by atoms with van der Waals surface area (Å²) in [6.45, 7) is 6.75. The maximum Gasteiger partial charge on any atom is 0.171 e. The van der Waals surface area contributed by atoms with Crippen molar-refractivity contribution in [3.05, 3.63) is 59.7 Å². The summed E-state index contributed by atoms with van der Waals surface area (Å²) < 4.78 is 0. The van der Waals surface area contributed by atoms with Crippen molar-refractivity contribution in [1.82, 2.24) is 5.32 Å². The molecule has 3 rings (SSSR count). The minimum atomic E-state index is 0.119. The molecule has 0 saturated carbocycles. The average molecular weight is 393 g/mol. The van der Waals surface area contributed by atoms with E-state index in [0.29, 0.717) is 11.5 Å². The molecule has 5 heteroatoms. The van der Waals surface area contributed by atoms with Gasteiger partial charge < -0.3 is 15.5 Å². The second-order valence-electron chi connectivity index (χ2n) is 7.61. The number of nitrogens with one attached hydrogen (secondary N) is 2. The van der Waals surface area contributed by atoms with Gasteiger partial charge in [-0.1, -0.05) is 31.2 Å². The van der Waals surface area contributed by atoms with Gasteiger partial charge in [-0.3, -0.25) is 0 Å². The molecule has 1 unspecified atom stereocenters. The van der Waals surface area contributed by atoms with E-state index in [0.717, 1.165) is 30.3 Å². The number of hydrogen-bond acceptors (Lipinski definition) is 3. The normalized spacial score (nSPS) is 15.5. The van der Waals surface area contributed by atoms with Crippen LogP contribution in [0.1, 0.15) is 43.9 Å². The molecule has 146 valence electrons. The van der Waals surface area contributed by atoms with Crippen LogP contribution in [-0.4, -0.2) is 18.2 Å². The van der Waals surface area contributed by atoms with Crippen molar-refractivity contribution in [1.29, 1.82) is 5.26 Å². The van der Waals surface area contributed by atoms with E-state index in [1.54, 1.807) is 0 Å². The molecule has 1 atom stereocenters. The summed E-state index contributed by atoms with van der Waals surface area (Å²) >= 11 is 5.45. The predicted molar refractivity (Wildman–Crippen MR) is 121 cm³/mol. The molecule has 1 heterocycles. The molecule has 0 spiro atoms. The maximum atomic E-state index is 8.74. The third kappa shape index (κ3) is 5.46. The molecule has 1 aliphatic rings. The first kappa shape index (κ1) is 20.2. The smallest absolute Gasteiger partial charge is 0.171 e. The first-order valence-corrected chi connectivity index (χ1v) is 10.3. The molecule has 0 aliphatic carbocycles. The molecular formula is C23H28N4S. The highest BCUT2D eigenvalue weighted by molar-refractivity contribution is 7.80. The van der Waals surface area contributed by atoms with Gasteiger partial charge in [0.25, 0.3) is 0 Å². The van der Waals surface area contributed by atoms with Gasteiger partial charge in [-0.2, -0.15) is 5.26 Å². The van der Waals surface area contributed by atoms with Crippen molar-refractivity contribution in [2.24, 2.45) is 5.92 Å². The molecule has 0 aromatic heterocycles. The number of anilines is 2. The van der Waals surface area contributed by atoms with Crippen molar-refractivity contribution in [2.75, 3.05) is 23.3 Å². The minimum absolute atomic E-state index is 0.119. The highest BCUT2D eigenvalue weighted by Crippen LogP contribution is 2.24. The molecule has 2 N–H and O–H groups in total. The van der Waals surface area contributed by atoms with Crippen LogP contribution in [0.15, 0.2) is 48.5 Å². The lowest BCUT2D eigenvalue weighted by Gasteiger charge is -2.32. The molecule has 1 aliphatic heterocycles. The maximum absolute atomic E-state index is 8.74. The van der Waals surface area contributed by atoms with E-state index >= 15 is 0 Å². The highest BCUT2D eigenvalue weighted by Gasteiger charge is 2.16. The van der Waals surface area contributed by atoms with Crippen molar-refractivity contribution in [3.63, 3.8) is 0 Å². The summed E-state index contributed by atoms with van der Waals surface area (Å²) in [5.41, 5.74) is 4.44. The van der Waals surface area contributed by atoms with Crippen LogP contribution in [0.2, 0.25) is 0 Å². The van der Waals surface area contributed by atoms with E-state index in [4.69, 9.17) is 17.5 Å². The summed E-state index contributed by atoms with van der Waals surface area (Å²) in [4.78, 5) is 2.48. The standard InChI is InChI=1S/C23H28N4S/c1-17-12-15-27(16-13-17)22-9-5-20(6-10-22)18(2)25-23(28)26-21-7-3-19(4-8-21)11-14-24/h3-10,17-18H,11-13,15-16H2,1-2H3,(H2,25,26,28). The zero-order valence-electron chi connectivity index (χ0n) is 16.6. The number of nitrogens with zero attached hydrogens (tertiary/aromatic N) is 2. The minimum Gasteiger partial charge on any atom is -0.372 e. The lowest BCUT2D eigenvalue weighted by atomic mass is 9.98. The van der Waals surface area contributed by atoms with Crippen LogP contribution in [-0.2, 0) is 6.42 Å². The Morgan fingerprint density at radius 2 is 1.79 bits per heavy atom. The van der Waals surface area contributed by atoms with E-state index in [9.17, 15) is 0 Å². The summed E-state index contributed by atoms with van der Waals surface area (Å²) in [5.74, 6) is 0.843. The largest absolute Gasteiger partial charge is 0.372 e. The fraction of sp³-hybridized carbons (Fsp3) is 0.391. The lowest BCUT2D eigenvalue weighted by molar-refractivity contribution is 0.438. The van der Waals surface area contributed by atoms with E-state index in [1.165, 1.54) is 24.1 Å². The third-order valence-electron chi connectivity index (χ3n) is 5.38. The fourth-order valence-electron chi connectivity index (χ4n) is 3.48. The Morgan fingerprint density at radius 3 is 2.39 bits per heavy atom. The van der Waals surface area contributed by atoms with Crippen LogP contribution in [0.25, 0.3) is 0 Å². The lowest BCUT2D eigenvalue weighted by Crippen LogP contribution is -2.33. The first-order valence-electron chi connectivity index (χ1n) is 9.93. The van der Waals surface area contributed by atoms with Gasteiger partial charge in [-0.25, -0.2) is 0 Å². The van der Waals surface area contributed by atoms with E-state index in [2.05, 4.69) is 59.7 Å². The second-order valence-corrected chi connectivity index (χ2v) is 8.02. The molecule has 28 heavy (non-hydrogen) atoms. The third-order valence-corrected chi connectivity index (χ3v) is 5.60. The van der Waals surface area contributed by atoms with Gasteiger partial charge in [0.15, 0.2) is 5.11 Å². The number of benzene rings is 2. The van der Waals surface area contributed by atoms with Gasteiger partial charge >= 0.3 is 0 Å². The van der Waals surface area contributed by atoms with Crippen LogP contribution in [0.5, 0.6) is 0 Å². The fourth-order valence-corrected chi connectivity index (χ4v) is 3.78. The number of rotatable bonds is 5. The quantitative estimate of drug-likeness (QED) is 0.699. The average Bonchev–Trinajstić information content (AvgIpc) is 2.70. The molecule has 1 saturated heterocycles. The Balaban J connectivity index is 1.53. The monoisotopic (exact) mass is 392 g/mol. The van der Waals surface area contributed by atoms with E-state index in [1.807, 2.05) is 24.3 Å². The zero-order valence-corrected chi connectivity index (χ0v) is 17.4. The molecule has 1 fully saturated rings. The van der Waals surface area contributed by atoms with Crippen molar-refractivity contribution >= 4 is 28.7 Å². The van der Waals surface area contributed by atoms with Crippen LogP contribution in [0, 0.1) is 17.2 Å². The molecule has 4 nitrogen and oxygen atoms in total. The van der Waals surface area contributed by atoms with E-state index in [-0.39, 0.29) is 6.04 Å². The molecule has 2 aromatic rings.